The molecular weight excluding hydrogens is 210 g/mol. The minimum atomic E-state index is 0.728. The number of hydrogen-bond acceptors (Lipinski definition) is 3. The van der Waals surface area contributed by atoms with Crippen molar-refractivity contribution in [2.24, 2.45) is 0 Å². The molecule has 2 rings (SSSR count). The highest BCUT2D eigenvalue weighted by Crippen LogP contribution is 2.13. The molecule has 3 heteroatoms. The summed E-state index contributed by atoms with van der Waals surface area (Å²) in [5.74, 6) is 0.728. The minimum absolute atomic E-state index is 0.728. The lowest BCUT2D eigenvalue weighted by atomic mass is 10.2. The molecule has 0 saturated heterocycles. The second kappa shape index (κ2) is 5.53. The van der Waals surface area contributed by atoms with Crippen LogP contribution < -0.4 is 0 Å². The molecule has 0 aromatic carbocycles. The maximum atomic E-state index is 4.54. The van der Waals surface area contributed by atoms with E-state index in [-0.39, 0.29) is 0 Å². The van der Waals surface area contributed by atoms with Crippen LogP contribution in [0.3, 0.4) is 0 Å². The first-order valence-corrected chi connectivity index (χ1v) is 6.11. The third-order valence-corrected chi connectivity index (χ3v) is 2.62. The third-order valence-electron chi connectivity index (χ3n) is 2.62. The molecule has 0 unspecified atom stereocenters. The molecule has 0 radical (unpaired) electrons. The predicted octanol–water partition coefficient (Wildman–Crippen LogP) is 3.05. The Labute approximate surface area is 102 Å². The lowest BCUT2D eigenvalue weighted by molar-refractivity contribution is 0.873. The smallest absolute Gasteiger partial charge is 0.178 e. The van der Waals surface area contributed by atoms with Gasteiger partial charge in [0.1, 0.15) is 5.69 Å². The van der Waals surface area contributed by atoms with Gasteiger partial charge in [0.25, 0.3) is 0 Å². The van der Waals surface area contributed by atoms with E-state index in [9.17, 15) is 0 Å². The molecule has 0 aliphatic rings. The van der Waals surface area contributed by atoms with E-state index in [1.54, 1.807) is 0 Å². The monoisotopic (exact) mass is 227 g/mol. The number of nitrogens with zero attached hydrogens (tertiary/aromatic N) is 3. The molecule has 17 heavy (non-hydrogen) atoms. The molecule has 88 valence electrons. The predicted molar refractivity (Wildman–Crippen MR) is 68.6 cm³/mol. The van der Waals surface area contributed by atoms with Crippen molar-refractivity contribution >= 4 is 0 Å². The Kier molecular flexibility index (Phi) is 3.81. The SMILES string of the molecule is CCCc1ccnc(-c2cccc(CC)n2)n1. The fourth-order valence-electron chi connectivity index (χ4n) is 1.72. The zero-order chi connectivity index (χ0) is 12.1. The van der Waals surface area contributed by atoms with Gasteiger partial charge in [0, 0.05) is 17.6 Å². The van der Waals surface area contributed by atoms with Crippen molar-refractivity contribution in [3.8, 4) is 11.5 Å². The molecule has 2 aromatic heterocycles. The van der Waals surface area contributed by atoms with Crippen molar-refractivity contribution in [3.05, 3.63) is 41.9 Å². The van der Waals surface area contributed by atoms with E-state index >= 15 is 0 Å². The standard InChI is InChI=1S/C14H17N3/c1-3-6-12-9-10-15-14(17-12)13-8-5-7-11(4-2)16-13/h5,7-10H,3-4,6H2,1-2H3. The van der Waals surface area contributed by atoms with Gasteiger partial charge < -0.3 is 0 Å². The fourth-order valence-corrected chi connectivity index (χ4v) is 1.72. The van der Waals surface area contributed by atoms with Crippen LogP contribution in [-0.2, 0) is 12.8 Å². The third kappa shape index (κ3) is 2.87. The summed E-state index contributed by atoms with van der Waals surface area (Å²) < 4.78 is 0. The van der Waals surface area contributed by atoms with Gasteiger partial charge in [0.05, 0.1) is 0 Å². The molecule has 2 aromatic rings. The quantitative estimate of drug-likeness (QED) is 0.805. The van der Waals surface area contributed by atoms with Crippen molar-refractivity contribution in [3.63, 3.8) is 0 Å². The number of pyridine rings is 1. The maximum absolute atomic E-state index is 4.54. The Hall–Kier alpha value is -1.77. The van der Waals surface area contributed by atoms with E-state index in [1.165, 1.54) is 0 Å². The van der Waals surface area contributed by atoms with Crippen LogP contribution in [0.15, 0.2) is 30.5 Å². The first-order valence-electron chi connectivity index (χ1n) is 6.11. The molecule has 0 aliphatic carbocycles. The van der Waals surface area contributed by atoms with Gasteiger partial charge in [-0.05, 0) is 31.0 Å². The van der Waals surface area contributed by atoms with Crippen molar-refractivity contribution in [2.75, 3.05) is 0 Å². The Balaban J connectivity index is 2.34. The van der Waals surface area contributed by atoms with Crippen LogP contribution in [0.2, 0.25) is 0 Å². The molecule has 0 N–H and O–H groups in total. The zero-order valence-corrected chi connectivity index (χ0v) is 10.3. The van der Waals surface area contributed by atoms with Gasteiger partial charge in [-0.1, -0.05) is 26.3 Å². The highest BCUT2D eigenvalue weighted by molar-refractivity contribution is 5.48. The Morgan fingerprint density at radius 3 is 2.65 bits per heavy atom. The highest BCUT2D eigenvalue weighted by Gasteiger charge is 2.04. The summed E-state index contributed by atoms with van der Waals surface area (Å²) in [4.78, 5) is 13.4. The average molecular weight is 227 g/mol. The number of hydrogen-bond donors (Lipinski definition) is 0. The van der Waals surface area contributed by atoms with Crippen LogP contribution in [0.1, 0.15) is 31.7 Å². The van der Waals surface area contributed by atoms with E-state index in [2.05, 4.69) is 28.8 Å². The molecule has 3 nitrogen and oxygen atoms in total. The van der Waals surface area contributed by atoms with E-state index in [4.69, 9.17) is 0 Å². The second-order valence-corrected chi connectivity index (χ2v) is 3.99. The molecule has 0 atom stereocenters. The van der Waals surface area contributed by atoms with Gasteiger partial charge in [0.2, 0.25) is 0 Å². The molecule has 2 heterocycles. The van der Waals surface area contributed by atoms with Gasteiger partial charge in [0.15, 0.2) is 5.82 Å². The lowest BCUT2D eigenvalue weighted by Crippen LogP contribution is -1.97. The van der Waals surface area contributed by atoms with Gasteiger partial charge in [-0.2, -0.15) is 0 Å². The first kappa shape index (κ1) is 11.7. The second-order valence-electron chi connectivity index (χ2n) is 3.99. The van der Waals surface area contributed by atoms with Crippen molar-refractivity contribution in [2.45, 2.75) is 33.1 Å². The molecule has 0 spiro atoms. The summed E-state index contributed by atoms with van der Waals surface area (Å²) in [5, 5.41) is 0. The summed E-state index contributed by atoms with van der Waals surface area (Å²) in [6.45, 7) is 4.25. The lowest BCUT2D eigenvalue weighted by Gasteiger charge is -2.03. The van der Waals surface area contributed by atoms with Gasteiger partial charge >= 0.3 is 0 Å². The normalized spacial score (nSPS) is 10.5. The van der Waals surface area contributed by atoms with Crippen molar-refractivity contribution in [1.82, 2.24) is 15.0 Å². The van der Waals surface area contributed by atoms with Crippen molar-refractivity contribution < 1.29 is 0 Å². The van der Waals surface area contributed by atoms with E-state index < -0.39 is 0 Å². The van der Waals surface area contributed by atoms with Crippen LogP contribution >= 0.6 is 0 Å². The van der Waals surface area contributed by atoms with E-state index in [0.717, 1.165) is 42.2 Å². The zero-order valence-electron chi connectivity index (χ0n) is 10.3. The number of rotatable bonds is 4. The number of aryl methyl sites for hydroxylation is 2. The molecule has 0 fully saturated rings. The summed E-state index contributed by atoms with van der Waals surface area (Å²) in [6, 6.07) is 7.97. The summed E-state index contributed by atoms with van der Waals surface area (Å²) in [7, 11) is 0. The van der Waals surface area contributed by atoms with Crippen molar-refractivity contribution in [1.29, 1.82) is 0 Å². The van der Waals surface area contributed by atoms with Gasteiger partial charge in [-0.15, -0.1) is 0 Å². The minimum Gasteiger partial charge on any atom is -0.250 e. The van der Waals surface area contributed by atoms with Crippen LogP contribution in [-0.4, -0.2) is 15.0 Å². The molecule has 0 aliphatic heterocycles. The first-order chi connectivity index (χ1) is 8.33. The fraction of sp³-hybridized carbons (Fsp3) is 0.357. The summed E-state index contributed by atoms with van der Waals surface area (Å²) in [5.41, 5.74) is 3.02. The highest BCUT2D eigenvalue weighted by atomic mass is 14.9. The van der Waals surface area contributed by atoms with Gasteiger partial charge in [-0.3, -0.25) is 0 Å². The van der Waals surface area contributed by atoms with Crippen LogP contribution in [0.25, 0.3) is 11.5 Å². The number of aromatic nitrogens is 3. The topological polar surface area (TPSA) is 38.7 Å². The van der Waals surface area contributed by atoms with Crippen LogP contribution in [0.4, 0.5) is 0 Å². The Bertz CT molecular complexity index is 494. The largest absolute Gasteiger partial charge is 0.250 e. The average Bonchev–Trinajstić information content (AvgIpc) is 2.40. The van der Waals surface area contributed by atoms with Crippen LogP contribution in [0.5, 0.6) is 0 Å². The molecule has 0 amide bonds. The maximum Gasteiger partial charge on any atom is 0.178 e. The van der Waals surface area contributed by atoms with Crippen LogP contribution in [0, 0.1) is 0 Å². The Morgan fingerprint density at radius 1 is 1.00 bits per heavy atom. The summed E-state index contributed by atoms with van der Waals surface area (Å²) in [6.07, 6.45) is 4.83. The molecule has 0 saturated carbocycles. The van der Waals surface area contributed by atoms with E-state index in [0.29, 0.717) is 0 Å². The molecule has 0 bridgehead atoms. The van der Waals surface area contributed by atoms with Gasteiger partial charge in [-0.25, -0.2) is 15.0 Å². The Morgan fingerprint density at radius 2 is 1.88 bits per heavy atom. The molecular formula is C14H17N3. The van der Waals surface area contributed by atoms with E-state index in [1.807, 2.05) is 30.5 Å². The summed E-state index contributed by atoms with van der Waals surface area (Å²) >= 11 is 0.